The lowest BCUT2D eigenvalue weighted by Gasteiger charge is -2.21. The second-order valence-corrected chi connectivity index (χ2v) is 5.56. The van der Waals surface area contributed by atoms with Gasteiger partial charge in [0.25, 0.3) is 0 Å². The molecule has 1 unspecified atom stereocenters. The van der Waals surface area contributed by atoms with E-state index in [1.807, 2.05) is 30.3 Å². The molecule has 3 heteroatoms. The van der Waals surface area contributed by atoms with Gasteiger partial charge in [0.05, 0.1) is 18.0 Å². The summed E-state index contributed by atoms with van der Waals surface area (Å²) < 4.78 is 11.8. The minimum atomic E-state index is -0.269. The molecule has 3 rings (SSSR count). The maximum atomic E-state index is 5.88. The summed E-state index contributed by atoms with van der Waals surface area (Å²) in [4.78, 5) is 0.0445. The molecular weight excluding hydrogens is 304 g/mol. The third-order valence-corrected chi connectivity index (χ3v) is 4.24. The molecule has 0 radical (unpaired) electrons. The number of ether oxygens (including phenoxy) is 2. The van der Waals surface area contributed by atoms with Crippen LogP contribution < -0.4 is 0 Å². The van der Waals surface area contributed by atoms with Crippen LogP contribution in [0.2, 0.25) is 0 Å². The van der Waals surface area contributed by atoms with Crippen molar-refractivity contribution < 1.29 is 9.47 Å². The minimum Gasteiger partial charge on any atom is -0.346 e. The zero-order chi connectivity index (χ0) is 13.1. The molecule has 98 valence electrons. The average Bonchev–Trinajstić information content (AvgIpc) is 2.70. The second-order valence-electron chi connectivity index (χ2n) is 4.57. The normalized spacial score (nSPS) is 17.5. The predicted molar refractivity (Wildman–Crippen MR) is 77.9 cm³/mol. The summed E-state index contributed by atoms with van der Waals surface area (Å²) in [5.74, 6) is 0. The SMILES string of the molecule is BrC(c1ccccc1)C1OCc2ccccc2CO1. The quantitative estimate of drug-likeness (QED) is 0.773. The van der Waals surface area contributed by atoms with Crippen molar-refractivity contribution in [2.75, 3.05) is 0 Å². The largest absolute Gasteiger partial charge is 0.346 e. The number of hydrogen-bond donors (Lipinski definition) is 0. The Morgan fingerprint density at radius 2 is 1.37 bits per heavy atom. The lowest BCUT2D eigenvalue weighted by Crippen LogP contribution is -2.20. The van der Waals surface area contributed by atoms with Crippen LogP contribution in [0, 0.1) is 0 Å². The van der Waals surface area contributed by atoms with Crippen molar-refractivity contribution in [2.24, 2.45) is 0 Å². The zero-order valence-electron chi connectivity index (χ0n) is 10.5. The van der Waals surface area contributed by atoms with Gasteiger partial charge in [0.1, 0.15) is 0 Å². The van der Waals surface area contributed by atoms with Crippen molar-refractivity contribution in [1.82, 2.24) is 0 Å². The molecule has 1 aliphatic heterocycles. The van der Waals surface area contributed by atoms with Gasteiger partial charge in [0, 0.05) is 0 Å². The number of halogens is 1. The summed E-state index contributed by atoms with van der Waals surface area (Å²) in [6, 6.07) is 18.4. The fourth-order valence-corrected chi connectivity index (χ4v) is 2.80. The number of rotatable bonds is 2. The summed E-state index contributed by atoms with van der Waals surface area (Å²) in [5.41, 5.74) is 3.58. The van der Waals surface area contributed by atoms with Crippen molar-refractivity contribution in [3.05, 3.63) is 71.3 Å². The summed E-state index contributed by atoms with van der Waals surface area (Å²) in [6.07, 6.45) is -0.269. The maximum Gasteiger partial charge on any atom is 0.174 e. The van der Waals surface area contributed by atoms with Crippen molar-refractivity contribution >= 4 is 15.9 Å². The highest BCUT2D eigenvalue weighted by atomic mass is 79.9. The van der Waals surface area contributed by atoms with E-state index in [1.165, 1.54) is 16.7 Å². The Morgan fingerprint density at radius 1 is 0.842 bits per heavy atom. The Bertz CT molecular complexity index is 514. The highest BCUT2D eigenvalue weighted by molar-refractivity contribution is 9.09. The van der Waals surface area contributed by atoms with Crippen LogP contribution in [0.5, 0.6) is 0 Å². The molecule has 0 fully saturated rings. The molecule has 0 N–H and O–H groups in total. The topological polar surface area (TPSA) is 18.5 Å². The Labute approximate surface area is 121 Å². The summed E-state index contributed by atoms with van der Waals surface area (Å²) >= 11 is 3.68. The first kappa shape index (κ1) is 12.9. The molecule has 19 heavy (non-hydrogen) atoms. The zero-order valence-corrected chi connectivity index (χ0v) is 12.0. The second kappa shape index (κ2) is 5.87. The molecular formula is C16H15BrO2. The first-order valence-corrected chi connectivity index (χ1v) is 7.25. The first-order valence-electron chi connectivity index (χ1n) is 6.33. The summed E-state index contributed by atoms with van der Waals surface area (Å²) in [7, 11) is 0. The molecule has 0 aliphatic carbocycles. The number of alkyl halides is 1. The van der Waals surface area contributed by atoms with Gasteiger partial charge in [-0.15, -0.1) is 0 Å². The maximum absolute atomic E-state index is 5.88. The fourth-order valence-electron chi connectivity index (χ4n) is 2.19. The smallest absolute Gasteiger partial charge is 0.174 e. The van der Waals surface area contributed by atoms with Crippen LogP contribution in [0.1, 0.15) is 21.5 Å². The lowest BCUT2D eigenvalue weighted by molar-refractivity contribution is -0.148. The Morgan fingerprint density at radius 3 is 1.95 bits per heavy atom. The van der Waals surface area contributed by atoms with E-state index in [1.54, 1.807) is 0 Å². The van der Waals surface area contributed by atoms with Gasteiger partial charge in [0.15, 0.2) is 6.29 Å². The van der Waals surface area contributed by atoms with Gasteiger partial charge >= 0.3 is 0 Å². The van der Waals surface area contributed by atoms with E-state index < -0.39 is 0 Å². The molecule has 0 spiro atoms. The summed E-state index contributed by atoms with van der Waals surface area (Å²) in [5, 5.41) is 0. The fraction of sp³-hybridized carbons (Fsp3) is 0.250. The molecule has 0 amide bonds. The highest BCUT2D eigenvalue weighted by Crippen LogP contribution is 2.32. The van der Waals surface area contributed by atoms with E-state index in [4.69, 9.17) is 9.47 Å². The van der Waals surface area contributed by atoms with E-state index in [0.717, 1.165) is 0 Å². The number of fused-ring (bicyclic) bond motifs is 1. The molecule has 1 heterocycles. The lowest BCUT2D eigenvalue weighted by atomic mass is 10.1. The Balaban J connectivity index is 1.75. The van der Waals surface area contributed by atoms with Gasteiger partial charge in [-0.2, -0.15) is 0 Å². The van der Waals surface area contributed by atoms with Crippen LogP contribution in [-0.4, -0.2) is 6.29 Å². The van der Waals surface area contributed by atoms with Gasteiger partial charge in [0.2, 0.25) is 0 Å². The number of hydrogen-bond acceptors (Lipinski definition) is 2. The van der Waals surface area contributed by atoms with Crippen LogP contribution in [0.15, 0.2) is 54.6 Å². The standard InChI is InChI=1S/C16H15BrO2/c17-15(12-6-2-1-3-7-12)16-18-10-13-8-4-5-9-14(13)11-19-16/h1-9,15-16H,10-11H2. The molecule has 2 aromatic rings. The average molecular weight is 319 g/mol. The van der Waals surface area contributed by atoms with Gasteiger partial charge in [-0.05, 0) is 16.7 Å². The van der Waals surface area contributed by atoms with Gasteiger partial charge in [-0.25, -0.2) is 0 Å². The monoisotopic (exact) mass is 318 g/mol. The van der Waals surface area contributed by atoms with Gasteiger partial charge in [-0.3, -0.25) is 0 Å². The third kappa shape index (κ3) is 2.89. The predicted octanol–water partition coefficient (Wildman–Crippen LogP) is 4.20. The molecule has 0 saturated carbocycles. The van der Waals surface area contributed by atoms with Crippen LogP contribution >= 0.6 is 15.9 Å². The van der Waals surface area contributed by atoms with E-state index in [2.05, 4.69) is 40.2 Å². The van der Waals surface area contributed by atoms with Gasteiger partial charge < -0.3 is 9.47 Å². The van der Waals surface area contributed by atoms with Crippen LogP contribution in [-0.2, 0) is 22.7 Å². The third-order valence-electron chi connectivity index (χ3n) is 3.28. The van der Waals surface area contributed by atoms with Crippen LogP contribution in [0.3, 0.4) is 0 Å². The summed E-state index contributed by atoms with van der Waals surface area (Å²) in [6.45, 7) is 1.19. The van der Waals surface area contributed by atoms with Crippen molar-refractivity contribution in [3.63, 3.8) is 0 Å². The molecule has 1 aliphatic rings. The van der Waals surface area contributed by atoms with Crippen molar-refractivity contribution in [3.8, 4) is 0 Å². The van der Waals surface area contributed by atoms with Crippen molar-refractivity contribution in [1.29, 1.82) is 0 Å². The van der Waals surface area contributed by atoms with Crippen LogP contribution in [0.4, 0.5) is 0 Å². The molecule has 2 nitrogen and oxygen atoms in total. The highest BCUT2D eigenvalue weighted by Gasteiger charge is 2.25. The Kier molecular flexibility index (Phi) is 3.97. The van der Waals surface area contributed by atoms with E-state index in [9.17, 15) is 0 Å². The molecule has 0 aromatic heterocycles. The van der Waals surface area contributed by atoms with E-state index >= 15 is 0 Å². The van der Waals surface area contributed by atoms with E-state index in [0.29, 0.717) is 13.2 Å². The van der Waals surface area contributed by atoms with Crippen LogP contribution in [0.25, 0.3) is 0 Å². The minimum absolute atomic E-state index is 0.0445. The van der Waals surface area contributed by atoms with E-state index in [-0.39, 0.29) is 11.1 Å². The molecule has 1 atom stereocenters. The number of benzene rings is 2. The Hall–Kier alpha value is -1.16. The van der Waals surface area contributed by atoms with Crippen molar-refractivity contribution in [2.45, 2.75) is 24.3 Å². The first-order chi connectivity index (χ1) is 9.34. The molecule has 0 bridgehead atoms. The molecule has 2 aromatic carbocycles. The van der Waals surface area contributed by atoms with Gasteiger partial charge in [-0.1, -0.05) is 70.5 Å². The molecule has 0 saturated heterocycles.